The van der Waals surface area contributed by atoms with E-state index in [2.05, 4.69) is 20.8 Å². The van der Waals surface area contributed by atoms with Gasteiger partial charge < -0.3 is 10.6 Å². The van der Waals surface area contributed by atoms with E-state index in [1.165, 1.54) is 6.92 Å². The molecule has 35 heavy (non-hydrogen) atoms. The third-order valence-electron chi connectivity index (χ3n) is 5.02. The maximum absolute atomic E-state index is 13.2. The fraction of sp³-hybridized carbons (Fsp3) is 0.125. The van der Waals surface area contributed by atoms with Gasteiger partial charge in [-0.25, -0.2) is 0 Å². The molecule has 11 heteroatoms. The molecule has 180 valence electrons. The van der Waals surface area contributed by atoms with Crippen LogP contribution < -0.4 is 10.6 Å². The number of aromatic nitrogens is 2. The molecule has 0 radical (unpaired) electrons. The summed E-state index contributed by atoms with van der Waals surface area (Å²) in [6, 6.07) is 14.7. The summed E-state index contributed by atoms with van der Waals surface area (Å²) >= 11 is 0. The average Bonchev–Trinajstić information content (AvgIpc) is 2.78. The van der Waals surface area contributed by atoms with Crippen LogP contribution in [0.25, 0.3) is 22.0 Å². The summed E-state index contributed by atoms with van der Waals surface area (Å²) in [5.41, 5.74) is -1.65. The molecule has 3 aromatic carbocycles. The number of alkyl halides is 6. The number of fused-ring (bicyclic) bond motifs is 1. The van der Waals surface area contributed by atoms with Gasteiger partial charge in [-0.3, -0.25) is 4.79 Å². The average molecular weight is 490 g/mol. The molecule has 4 aromatic rings. The molecule has 4 rings (SSSR count). The summed E-state index contributed by atoms with van der Waals surface area (Å²) in [6.45, 7) is 1.38. The number of carbonyl (C=O) groups excluding carboxylic acids is 1. The van der Waals surface area contributed by atoms with E-state index in [9.17, 15) is 31.1 Å². The van der Waals surface area contributed by atoms with Crippen LogP contribution in [0.5, 0.6) is 0 Å². The largest absolute Gasteiger partial charge is 0.416 e. The molecule has 0 spiro atoms. The first-order chi connectivity index (χ1) is 16.4. The van der Waals surface area contributed by atoms with Gasteiger partial charge in [-0.15, -0.1) is 10.2 Å². The number of carbonyl (C=O) groups is 1. The van der Waals surface area contributed by atoms with Gasteiger partial charge >= 0.3 is 12.4 Å². The predicted molar refractivity (Wildman–Crippen MR) is 119 cm³/mol. The van der Waals surface area contributed by atoms with E-state index in [0.717, 1.165) is 0 Å². The fourth-order valence-electron chi connectivity index (χ4n) is 3.49. The normalized spacial score (nSPS) is 12.0. The summed E-state index contributed by atoms with van der Waals surface area (Å²) < 4.78 is 79.3. The first-order valence-corrected chi connectivity index (χ1v) is 10.1. The molecule has 1 aromatic heterocycles. The van der Waals surface area contributed by atoms with Gasteiger partial charge in [0.1, 0.15) is 5.69 Å². The molecule has 5 nitrogen and oxygen atoms in total. The molecule has 0 saturated carbocycles. The summed E-state index contributed by atoms with van der Waals surface area (Å²) in [5, 5.41) is 14.4. The van der Waals surface area contributed by atoms with Crippen LogP contribution in [0.3, 0.4) is 0 Å². The third-order valence-corrected chi connectivity index (χ3v) is 5.02. The van der Waals surface area contributed by atoms with Crippen LogP contribution in [0.1, 0.15) is 18.1 Å². The summed E-state index contributed by atoms with van der Waals surface area (Å²) in [5.74, 6) is -0.242. The summed E-state index contributed by atoms with van der Waals surface area (Å²) in [6.07, 6.45) is -9.95. The Morgan fingerprint density at radius 2 is 1.31 bits per heavy atom. The van der Waals surface area contributed by atoms with Crippen molar-refractivity contribution in [2.45, 2.75) is 19.3 Å². The highest BCUT2D eigenvalue weighted by Crippen LogP contribution is 2.39. The van der Waals surface area contributed by atoms with Gasteiger partial charge in [-0.1, -0.05) is 36.4 Å². The van der Waals surface area contributed by atoms with Crippen LogP contribution in [-0.2, 0) is 17.1 Å². The van der Waals surface area contributed by atoms with E-state index in [1.54, 1.807) is 48.5 Å². The van der Waals surface area contributed by atoms with Crippen molar-refractivity contribution in [2.24, 2.45) is 0 Å². The van der Waals surface area contributed by atoms with Crippen molar-refractivity contribution in [2.75, 3.05) is 10.6 Å². The summed E-state index contributed by atoms with van der Waals surface area (Å²) in [7, 11) is 0. The zero-order chi connectivity index (χ0) is 25.4. The van der Waals surface area contributed by atoms with Crippen LogP contribution in [0.15, 0.2) is 66.7 Å². The molecule has 0 saturated heterocycles. The molecular formula is C24H16F6N4O. The second-order valence-electron chi connectivity index (χ2n) is 7.62. The minimum Gasteiger partial charge on any atom is -0.338 e. The van der Waals surface area contributed by atoms with Crippen molar-refractivity contribution in [3.05, 3.63) is 77.9 Å². The highest BCUT2D eigenvalue weighted by Gasteiger charge is 2.37. The van der Waals surface area contributed by atoms with Crippen LogP contribution in [0, 0.1) is 0 Å². The number of nitrogens with one attached hydrogen (secondary N) is 2. The Kier molecular flexibility index (Phi) is 6.10. The Morgan fingerprint density at radius 1 is 0.743 bits per heavy atom. The molecule has 1 heterocycles. The van der Waals surface area contributed by atoms with Crippen LogP contribution in [0.2, 0.25) is 0 Å². The van der Waals surface area contributed by atoms with Crippen molar-refractivity contribution >= 4 is 33.9 Å². The van der Waals surface area contributed by atoms with Gasteiger partial charge in [0.25, 0.3) is 0 Å². The maximum atomic E-state index is 13.2. The van der Waals surface area contributed by atoms with Gasteiger partial charge in [-0.2, -0.15) is 26.3 Å². The quantitative estimate of drug-likeness (QED) is 0.301. The lowest BCUT2D eigenvalue weighted by atomic mass is 10.0. The highest BCUT2D eigenvalue weighted by atomic mass is 19.4. The molecule has 0 aliphatic heterocycles. The number of halogens is 6. The SMILES string of the molecule is CC(=O)Nc1ccc(-c2nnc(Nc3cc(C(F)(F)F)cc(C(F)(F)F)c3)c3ccccc23)cc1. The number of hydrogen-bond donors (Lipinski definition) is 2. The summed E-state index contributed by atoms with van der Waals surface area (Å²) in [4.78, 5) is 11.2. The Labute approximate surface area is 194 Å². The number of benzene rings is 3. The molecule has 0 bridgehead atoms. The van der Waals surface area contributed by atoms with E-state index in [4.69, 9.17) is 0 Å². The number of hydrogen-bond acceptors (Lipinski definition) is 4. The van der Waals surface area contributed by atoms with E-state index in [-0.39, 0.29) is 17.8 Å². The monoisotopic (exact) mass is 490 g/mol. The maximum Gasteiger partial charge on any atom is 0.416 e. The Morgan fingerprint density at radius 3 is 1.86 bits per heavy atom. The topological polar surface area (TPSA) is 66.9 Å². The molecule has 0 aliphatic rings. The third kappa shape index (κ3) is 5.34. The second-order valence-corrected chi connectivity index (χ2v) is 7.62. The number of nitrogens with zero attached hydrogens (tertiary/aromatic N) is 2. The lowest BCUT2D eigenvalue weighted by Crippen LogP contribution is -2.12. The Hall–Kier alpha value is -4.15. The first-order valence-electron chi connectivity index (χ1n) is 10.1. The van der Waals surface area contributed by atoms with Crippen molar-refractivity contribution < 1.29 is 31.1 Å². The molecule has 1 amide bonds. The lowest BCUT2D eigenvalue weighted by Gasteiger charge is -2.16. The fourth-order valence-corrected chi connectivity index (χ4v) is 3.49. The van der Waals surface area contributed by atoms with E-state index < -0.39 is 29.2 Å². The predicted octanol–water partition coefficient (Wildman–Crippen LogP) is 7.04. The van der Waals surface area contributed by atoms with E-state index >= 15 is 0 Å². The van der Waals surface area contributed by atoms with Crippen LogP contribution in [-0.4, -0.2) is 16.1 Å². The molecule has 0 fully saturated rings. The standard InChI is InChI=1S/C24H16F6N4O/c1-13(35)31-17-8-6-14(7-9-17)21-19-4-2-3-5-20(19)22(34-33-21)32-18-11-15(23(25,26)27)10-16(12-18)24(28,29)30/h2-12H,1H3,(H,31,35)(H,32,34). The minimum absolute atomic E-state index is 0.00772. The van der Waals surface area contributed by atoms with Crippen molar-refractivity contribution in [1.29, 1.82) is 0 Å². The Balaban J connectivity index is 1.77. The van der Waals surface area contributed by atoms with Gasteiger partial charge in [0.15, 0.2) is 5.82 Å². The molecule has 0 aliphatic carbocycles. The number of rotatable bonds is 4. The first kappa shape index (κ1) is 24.0. The van der Waals surface area contributed by atoms with Gasteiger partial charge in [-0.05, 0) is 30.3 Å². The second kappa shape index (κ2) is 8.90. The van der Waals surface area contributed by atoms with Crippen molar-refractivity contribution in [3.8, 4) is 11.3 Å². The van der Waals surface area contributed by atoms with E-state index in [1.807, 2.05) is 0 Å². The van der Waals surface area contributed by atoms with Crippen LogP contribution >= 0.6 is 0 Å². The minimum atomic E-state index is -4.97. The van der Waals surface area contributed by atoms with Gasteiger partial charge in [0, 0.05) is 34.6 Å². The zero-order valence-corrected chi connectivity index (χ0v) is 17.9. The van der Waals surface area contributed by atoms with Gasteiger partial charge in [0.2, 0.25) is 5.91 Å². The number of anilines is 3. The van der Waals surface area contributed by atoms with Crippen molar-refractivity contribution in [3.63, 3.8) is 0 Å². The number of amides is 1. The molecule has 0 unspecified atom stereocenters. The van der Waals surface area contributed by atoms with E-state index in [0.29, 0.717) is 39.8 Å². The lowest BCUT2D eigenvalue weighted by molar-refractivity contribution is -0.143. The Bertz CT molecular complexity index is 1370. The highest BCUT2D eigenvalue weighted by molar-refractivity contribution is 6.01. The van der Waals surface area contributed by atoms with Crippen molar-refractivity contribution in [1.82, 2.24) is 10.2 Å². The van der Waals surface area contributed by atoms with Gasteiger partial charge in [0.05, 0.1) is 11.1 Å². The smallest absolute Gasteiger partial charge is 0.338 e. The zero-order valence-electron chi connectivity index (χ0n) is 17.9. The molecule has 0 atom stereocenters. The molecular weight excluding hydrogens is 474 g/mol. The van der Waals surface area contributed by atoms with Crippen LogP contribution in [0.4, 0.5) is 43.5 Å². The molecule has 2 N–H and O–H groups in total.